The first-order valence-electron chi connectivity index (χ1n) is 12.4. The van der Waals surface area contributed by atoms with Crippen LogP contribution in [-0.4, -0.2) is 66.9 Å². The lowest BCUT2D eigenvalue weighted by Crippen LogP contribution is -2.68. The van der Waals surface area contributed by atoms with Crippen molar-refractivity contribution in [3.05, 3.63) is 96.6 Å². The number of hydrogen-bond donors (Lipinski definition) is 3. The maximum absolute atomic E-state index is 12.6. The first-order chi connectivity index (χ1) is 17.6. The second kappa shape index (κ2) is 11.3. The second-order valence-electron chi connectivity index (χ2n) is 10.3. The average Bonchev–Trinajstić information content (AvgIpc) is 2.90. The van der Waals surface area contributed by atoms with Crippen molar-refractivity contribution < 1.29 is 34.0 Å². The van der Waals surface area contributed by atoms with Crippen molar-refractivity contribution in [2.45, 2.75) is 56.5 Å². The summed E-state index contributed by atoms with van der Waals surface area (Å²) in [7, 11) is -2.95. The highest BCUT2D eigenvalue weighted by Crippen LogP contribution is 2.37. The summed E-state index contributed by atoms with van der Waals surface area (Å²) in [5.74, 6) is -0.718. The second-order valence-corrected chi connectivity index (χ2v) is 14.6. The number of esters is 1. The van der Waals surface area contributed by atoms with E-state index in [-0.39, 0.29) is 17.2 Å². The lowest BCUT2D eigenvalue weighted by molar-refractivity contribution is -0.285. The van der Waals surface area contributed by atoms with E-state index in [1.165, 1.54) is 0 Å². The fourth-order valence-electron chi connectivity index (χ4n) is 4.93. The molecule has 3 aromatic rings. The Morgan fingerprint density at radius 2 is 1.30 bits per heavy atom. The highest BCUT2D eigenvalue weighted by Gasteiger charge is 2.52. The zero-order chi connectivity index (χ0) is 26.6. The van der Waals surface area contributed by atoms with E-state index in [0.29, 0.717) is 0 Å². The van der Waals surface area contributed by atoms with Gasteiger partial charge < -0.3 is 29.2 Å². The number of ether oxygens (including phenoxy) is 2. The third kappa shape index (κ3) is 5.55. The molecular formula is C29H34O7Si. The van der Waals surface area contributed by atoms with Crippen LogP contribution in [0, 0.1) is 0 Å². The van der Waals surface area contributed by atoms with E-state index in [1.807, 2.05) is 60.7 Å². The van der Waals surface area contributed by atoms with Crippen molar-refractivity contribution in [3.63, 3.8) is 0 Å². The Morgan fingerprint density at radius 3 is 1.78 bits per heavy atom. The van der Waals surface area contributed by atoms with Gasteiger partial charge in [-0.3, -0.25) is 0 Å². The summed E-state index contributed by atoms with van der Waals surface area (Å²) in [6, 6.07) is 28.3. The van der Waals surface area contributed by atoms with Crippen LogP contribution in [0.15, 0.2) is 91.0 Å². The predicted molar refractivity (Wildman–Crippen MR) is 142 cm³/mol. The fraction of sp³-hybridized carbons (Fsp3) is 0.345. The summed E-state index contributed by atoms with van der Waals surface area (Å²) in [5, 5.41) is 33.8. The van der Waals surface area contributed by atoms with Gasteiger partial charge in [0.05, 0.1) is 12.2 Å². The first-order valence-corrected chi connectivity index (χ1v) is 14.3. The molecule has 0 saturated carbocycles. The number of carbonyl (C=O) groups is 1. The summed E-state index contributed by atoms with van der Waals surface area (Å²) in [6.07, 6.45) is -7.15. The highest BCUT2D eigenvalue weighted by atomic mass is 28.4. The lowest BCUT2D eigenvalue weighted by atomic mass is 9.99. The van der Waals surface area contributed by atoms with Crippen LogP contribution in [0.2, 0.25) is 5.04 Å². The van der Waals surface area contributed by atoms with E-state index in [2.05, 4.69) is 20.8 Å². The van der Waals surface area contributed by atoms with Gasteiger partial charge in [0.1, 0.15) is 18.3 Å². The molecule has 0 amide bonds. The Morgan fingerprint density at radius 1 is 0.811 bits per heavy atom. The van der Waals surface area contributed by atoms with Gasteiger partial charge in [-0.15, -0.1) is 0 Å². The molecule has 1 heterocycles. The van der Waals surface area contributed by atoms with Crippen molar-refractivity contribution >= 4 is 24.7 Å². The minimum atomic E-state index is -2.95. The quantitative estimate of drug-likeness (QED) is 0.323. The predicted octanol–water partition coefficient (Wildman–Crippen LogP) is 2.23. The zero-order valence-corrected chi connectivity index (χ0v) is 22.2. The Labute approximate surface area is 218 Å². The molecule has 3 N–H and O–H groups in total. The molecule has 8 heteroatoms. The minimum absolute atomic E-state index is 0.0857. The van der Waals surface area contributed by atoms with Crippen LogP contribution in [0.3, 0.4) is 0 Å². The molecule has 0 bridgehead atoms. The fourth-order valence-corrected chi connectivity index (χ4v) is 9.50. The molecule has 1 fully saturated rings. The van der Waals surface area contributed by atoms with Crippen LogP contribution in [-0.2, 0) is 13.9 Å². The molecule has 37 heavy (non-hydrogen) atoms. The zero-order valence-electron chi connectivity index (χ0n) is 21.2. The number of aliphatic hydroxyl groups excluding tert-OH is 3. The first kappa shape index (κ1) is 27.2. The molecule has 0 unspecified atom stereocenters. The van der Waals surface area contributed by atoms with Gasteiger partial charge in [0.2, 0.25) is 0 Å². The molecule has 3 aromatic carbocycles. The van der Waals surface area contributed by atoms with Crippen molar-refractivity contribution in [3.8, 4) is 0 Å². The third-order valence-electron chi connectivity index (χ3n) is 6.79. The number of aliphatic hydroxyl groups is 3. The van der Waals surface area contributed by atoms with E-state index < -0.39 is 45.0 Å². The Balaban J connectivity index is 1.63. The molecule has 1 aliphatic heterocycles. The summed E-state index contributed by atoms with van der Waals surface area (Å²) in [4.78, 5) is 12.6. The number of rotatable bonds is 7. The average molecular weight is 523 g/mol. The summed E-state index contributed by atoms with van der Waals surface area (Å²) in [6.45, 7) is 6.29. The SMILES string of the molecule is CC(C)(C)[Si](OC[C@H]1O[C@H](O)[C@H](O)[C@@H](OC(=O)c2ccccc2)[C@H]1O)(c1ccccc1)c1ccccc1. The molecule has 0 radical (unpaired) electrons. The molecule has 1 saturated heterocycles. The van der Waals surface area contributed by atoms with Crippen molar-refractivity contribution in [2.75, 3.05) is 6.61 Å². The van der Waals surface area contributed by atoms with Gasteiger partial charge in [0, 0.05) is 0 Å². The standard InChI is InChI=1S/C29H34O7Si/c1-29(2,3)37(21-15-9-5-10-16-21,22-17-11-6-12-18-22)34-19-23-24(30)26(25(31)28(33)35-23)36-27(32)20-13-7-4-8-14-20/h4-18,23-26,28,30-31,33H,19H2,1-3H3/t23-,24+,25-,26+,28+/m1/s1. The molecule has 0 aliphatic carbocycles. The molecule has 0 spiro atoms. The Bertz CT molecular complexity index is 1110. The van der Waals surface area contributed by atoms with Gasteiger partial charge in [-0.1, -0.05) is 99.6 Å². The number of hydrogen-bond acceptors (Lipinski definition) is 7. The summed E-state index contributed by atoms with van der Waals surface area (Å²) < 4.78 is 17.8. The molecule has 4 rings (SSSR count). The van der Waals surface area contributed by atoms with Crippen LogP contribution < -0.4 is 10.4 Å². The summed E-state index contributed by atoms with van der Waals surface area (Å²) >= 11 is 0. The van der Waals surface area contributed by atoms with Gasteiger partial charge in [0.25, 0.3) is 8.32 Å². The molecule has 5 atom stereocenters. The van der Waals surface area contributed by atoms with E-state index in [1.54, 1.807) is 30.3 Å². The van der Waals surface area contributed by atoms with Crippen molar-refractivity contribution in [2.24, 2.45) is 0 Å². The van der Waals surface area contributed by atoms with E-state index in [9.17, 15) is 20.1 Å². The van der Waals surface area contributed by atoms with Crippen LogP contribution in [0.25, 0.3) is 0 Å². The van der Waals surface area contributed by atoms with Crippen LogP contribution in [0.4, 0.5) is 0 Å². The van der Waals surface area contributed by atoms with E-state index in [0.717, 1.165) is 10.4 Å². The normalized spacial score (nSPS) is 24.4. The van der Waals surface area contributed by atoms with Crippen molar-refractivity contribution in [1.82, 2.24) is 0 Å². The monoisotopic (exact) mass is 522 g/mol. The Hall–Kier alpha value is -2.85. The van der Waals surface area contributed by atoms with Crippen molar-refractivity contribution in [1.29, 1.82) is 0 Å². The largest absolute Gasteiger partial charge is 0.453 e. The molecule has 1 aliphatic rings. The number of benzene rings is 3. The van der Waals surface area contributed by atoms with Crippen LogP contribution in [0.5, 0.6) is 0 Å². The molecule has 196 valence electrons. The highest BCUT2D eigenvalue weighted by molar-refractivity contribution is 6.99. The van der Waals surface area contributed by atoms with Gasteiger partial charge in [0.15, 0.2) is 12.4 Å². The topological polar surface area (TPSA) is 105 Å². The minimum Gasteiger partial charge on any atom is -0.453 e. The van der Waals surface area contributed by atoms with Gasteiger partial charge in [-0.25, -0.2) is 4.79 Å². The van der Waals surface area contributed by atoms with E-state index >= 15 is 0 Å². The Kier molecular flexibility index (Phi) is 8.28. The smallest absolute Gasteiger partial charge is 0.338 e. The van der Waals surface area contributed by atoms with Crippen LogP contribution >= 0.6 is 0 Å². The van der Waals surface area contributed by atoms with Gasteiger partial charge in [-0.05, 0) is 27.5 Å². The van der Waals surface area contributed by atoms with Gasteiger partial charge >= 0.3 is 5.97 Å². The van der Waals surface area contributed by atoms with Gasteiger partial charge in [-0.2, -0.15) is 0 Å². The third-order valence-corrected chi connectivity index (χ3v) is 11.8. The maximum atomic E-state index is 12.6. The maximum Gasteiger partial charge on any atom is 0.338 e. The molecule has 7 nitrogen and oxygen atoms in total. The summed E-state index contributed by atoms with van der Waals surface area (Å²) in [5.41, 5.74) is 0.267. The van der Waals surface area contributed by atoms with E-state index in [4.69, 9.17) is 13.9 Å². The van der Waals surface area contributed by atoms with Crippen LogP contribution in [0.1, 0.15) is 31.1 Å². The molecular weight excluding hydrogens is 488 g/mol. The lowest BCUT2D eigenvalue weighted by Gasteiger charge is -2.45. The number of carbonyl (C=O) groups excluding carboxylic acids is 1. The molecule has 0 aromatic heterocycles.